The second kappa shape index (κ2) is 8.18. The van der Waals surface area contributed by atoms with Gasteiger partial charge < -0.3 is 4.74 Å². The minimum atomic E-state index is -0.854. The summed E-state index contributed by atoms with van der Waals surface area (Å²) >= 11 is 0. The highest BCUT2D eigenvalue weighted by Crippen LogP contribution is 2.78. The average Bonchev–Trinajstić information content (AvgIpc) is 3.03. The van der Waals surface area contributed by atoms with Gasteiger partial charge >= 0.3 is 0 Å². The van der Waals surface area contributed by atoms with E-state index in [1.807, 2.05) is 26.0 Å². The first-order valence-electron chi connectivity index (χ1n) is 15.4. The summed E-state index contributed by atoms with van der Waals surface area (Å²) < 4.78 is 7.37. The molecule has 1 heterocycles. The fourth-order valence-electron chi connectivity index (χ4n) is 11.1. The van der Waals surface area contributed by atoms with Crippen LogP contribution in [-0.2, 0) is 14.3 Å². The number of allylic oxidation sites excluding steroid dienone is 3. The van der Waals surface area contributed by atoms with Gasteiger partial charge in [0.15, 0.2) is 11.6 Å². The van der Waals surface area contributed by atoms with Gasteiger partial charge in [0.1, 0.15) is 11.7 Å². The summed E-state index contributed by atoms with van der Waals surface area (Å²) in [6, 6.07) is 2.22. The first-order chi connectivity index (χ1) is 17.8. The van der Waals surface area contributed by atoms with Gasteiger partial charge in [-0.3, -0.25) is 9.59 Å². The number of nitrogens with zero attached hydrogens (tertiary/aromatic N) is 1. The molecule has 5 aliphatic rings. The molecule has 1 aliphatic heterocycles. The number of nitriles is 1. The van der Waals surface area contributed by atoms with Crippen LogP contribution in [0.2, 0.25) is 0 Å². The van der Waals surface area contributed by atoms with Crippen molar-refractivity contribution in [2.75, 3.05) is 0 Å². The van der Waals surface area contributed by atoms with Gasteiger partial charge in [0.05, 0.1) is 11.7 Å². The summed E-state index contributed by atoms with van der Waals surface area (Å²) in [4.78, 5) is 28.3. The Hall–Kier alpha value is -1.73. The maximum Gasteiger partial charge on any atom is 0.188 e. The summed E-state index contributed by atoms with van der Waals surface area (Å²) in [5.74, 6) is 0.617. The number of fused-ring (bicyclic) bond motifs is 5. The van der Waals surface area contributed by atoms with Crippen LogP contribution in [0.1, 0.15) is 115 Å². The van der Waals surface area contributed by atoms with Crippen LogP contribution in [0, 0.1) is 61.6 Å². The van der Waals surface area contributed by atoms with E-state index in [2.05, 4.69) is 68.4 Å². The highest BCUT2D eigenvalue weighted by atomic mass is 16.5. The van der Waals surface area contributed by atoms with E-state index < -0.39 is 16.4 Å². The number of ether oxygens (including phenoxy) is 1. The number of Topliss-reactive ketones (excluding diaryl/α,β-unsaturated/α-hetero) is 1. The van der Waals surface area contributed by atoms with E-state index in [1.165, 1.54) is 0 Å². The quantitative estimate of drug-likeness (QED) is 0.368. The lowest BCUT2D eigenvalue weighted by molar-refractivity contribution is -0.207. The van der Waals surface area contributed by atoms with Crippen molar-refractivity contribution in [3.63, 3.8) is 0 Å². The zero-order chi connectivity index (χ0) is 29.2. The maximum atomic E-state index is 15.0. The SMILES string of the molecule is CCC12CCC3(C)C4(C)CCC5C(C)(C)C(=O)C(C#N)=CC5(C)C4=CC(=O)C3(OC1C(C)C)C2CC(C)(C)C. The second-order valence-electron chi connectivity index (χ2n) is 16.6. The van der Waals surface area contributed by atoms with Crippen molar-refractivity contribution in [3.8, 4) is 6.07 Å². The molecule has 214 valence electrons. The smallest absolute Gasteiger partial charge is 0.188 e. The number of carbonyl (C=O) groups excluding carboxylic acids is 2. The summed E-state index contributed by atoms with van der Waals surface area (Å²) in [5, 5.41) is 9.97. The minimum Gasteiger partial charge on any atom is -0.362 e. The van der Waals surface area contributed by atoms with E-state index in [0.29, 0.717) is 5.92 Å². The van der Waals surface area contributed by atoms with Gasteiger partial charge in [0.25, 0.3) is 0 Å². The fraction of sp³-hybridized carbons (Fsp3) is 0.800. The van der Waals surface area contributed by atoms with Gasteiger partial charge in [-0.2, -0.15) is 5.26 Å². The van der Waals surface area contributed by atoms with Gasteiger partial charge in [-0.25, -0.2) is 0 Å². The number of hydrogen-bond donors (Lipinski definition) is 0. The van der Waals surface area contributed by atoms with Gasteiger partial charge in [0, 0.05) is 27.6 Å². The van der Waals surface area contributed by atoms with Crippen LogP contribution in [0.25, 0.3) is 0 Å². The molecule has 2 saturated carbocycles. The predicted molar refractivity (Wildman–Crippen MR) is 155 cm³/mol. The molecule has 2 bridgehead atoms. The molecule has 1 spiro atoms. The standard InChI is InChI=1S/C35H51NO3/c1-12-34-16-15-33(11)32(10)14-13-23-30(7,8)27(38)22(20-36)18-31(23,9)24(32)17-26(37)35(33,39-28(34)21(2)3)25(34)19-29(4,5)6/h17-18,21,23,25,28H,12-16,19H2,1-11H3. The Labute approximate surface area is 237 Å². The van der Waals surface area contributed by atoms with Gasteiger partial charge in [-0.1, -0.05) is 82.2 Å². The van der Waals surface area contributed by atoms with Crippen molar-refractivity contribution >= 4 is 11.6 Å². The molecule has 0 amide bonds. The molecule has 5 rings (SSSR count). The second-order valence-corrected chi connectivity index (χ2v) is 16.6. The third-order valence-electron chi connectivity index (χ3n) is 13.0. The van der Waals surface area contributed by atoms with Crippen LogP contribution >= 0.6 is 0 Å². The van der Waals surface area contributed by atoms with E-state index in [4.69, 9.17) is 4.74 Å². The Kier molecular flexibility index (Phi) is 6.04. The van der Waals surface area contributed by atoms with Crippen molar-refractivity contribution in [1.82, 2.24) is 0 Å². The molecule has 39 heavy (non-hydrogen) atoms. The molecule has 0 aromatic carbocycles. The highest BCUT2D eigenvalue weighted by molar-refractivity contribution is 6.05. The molecule has 1 saturated heterocycles. The zero-order valence-corrected chi connectivity index (χ0v) is 26.4. The van der Waals surface area contributed by atoms with Crippen LogP contribution in [-0.4, -0.2) is 23.3 Å². The fourth-order valence-corrected chi connectivity index (χ4v) is 11.1. The molecule has 4 heteroatoms. The lowest BCUT2D eigenvalue weighted by Gasteiger charge is -2.69. The summed E-state index contributed by atoms with van der Waals surface area (Å²) in [5.41, 5.74) is -1.24. The van der Waals surface area contributed by atoms with Crippen LogP contribution in [0.4, 0.5) is 0 Å². The highest BCUT2D eigenvalue weighted by Gasteiger charge is 2.80. The molecule has 8 atom stereocenters. The van der Waals surface area contributed by atoms with Crippen molar-refractivity contribution in [2.24, 2.45) is 50.2 Å². The first kappa shape index (κ1) is 28.8. The Morgan fingerprint density at radius 2 is 1.72 bits per heavy atom. The molecule has 0 aromatic rings. The molecule has 4 aliphatic carbocycles. The largest absolute Gasteiger partial charge is 0.362 e. The van der Waals surface area contributed by atoms with Crippen LogP contribution in [0.3, 0.4) is 0 Å². The average molecular weight is 534 g/mol. The molecule has 8 unspecified atom stereocenters. The van der Waals surface area contributed by atoms with E-state index in [-0.39, 0.29) is 56.7 Å². The van der Waals surface area contributed by atoms with Crippen molar-refractivity contribution in [1.29, 1.82) is 5.26 Å². The molecule has 3 fully saturated rings. The topological polar surface area (TPSA) is 67.2 Å². The van der Waals surface area contributed by atoms with E-state index in [0.717, 1.165) is 44.1 Å². The minimum absolute atomic E-state index is 0.00739. The van der Waals surface area contributed by atoms with E-state index in [1.54, 1.807) is 0 Å². The van der Waals surface area contributed by atoms with Crippen molar-refractivity contribution < 1.29 is 14.3 Å². The van der Waals surface area contributed by atoms with Gasteiger partial charge in [0.2, 0.25) is 0 Å². The monoisotopic (exact) mass is 533 g/mol. The number of ketones is 2. The normalized spacial score (nSPS) is 46.6. The number of rotatable bonds is 3. The lowest BCUT2D eigenvalue weighted by Crippen LogP contribution is -2.71. The maximum absolute atomic E-state index is 15.0. The van der Waals surface area contributed by atoms with Gasteiger partial charge in [-0.15, -0.1) is 0 Å². The first-order valence-corrected chi connectivity index (χ1v) is 15.4. The molecule has 0 aromatic heterocycles. The zero-order valence-electron chi connectivity index (χ0n) is 26.4. The molecular weight excluding hydrogens is 482 g/mol. The summed E-state index contributed by atoms with van der Waals surface area (Å²) in [6.45, 7) is 24.7. The number of hydrogen-bond acceptors (Lipinski definition) is 4. The van der Waals surface area contributed by atoms with E-state index >= 15 is 0 Å². The van der Waals surface area contributed by atoms with Crippen molar-refractivity contribution in [3.05, 3.63) is 23.3 Å². The van der Waals surface area contributed by atoms with Crippen molar-refractivity contribution in [2.45, 2.75) is 126 Å². The molecular formula is C35H51NO3. The molecule has 4 nitrogen and oxygen atoms in total. The predicted octanol–water partition coefficient (Wildman–Crippen LogP) is 8.02. The Morgan fingerprint density at radius 1 is 1.08 bits per heavy atom. The molecule has 0 radical (unpaired) electrons. The molecule has 0 N–H and O–H groups in total. The lowest BCUT2D eigenvalue weighted by atomic mass is 9.34. The van der Waals surface area contributed by atoms with Gasteiger partial charge in [-0.05, 0) is 72.8 Å². The third-order valence-corrected chi connectivity index (χ3v) is 13.0. The Morgan fingerprint density at radius 3 is 2.26 bits per heavy atom. The summed E-state index contributed by atoms with van der Waals surface area (Å²) in [7, 11) is 0. The van der Waals surface area contributed by atoms with Crippen LogP contribution in [0.15, 0.2) is 23.3 Å². The van der Waals surface area contributed by atoms with Crippen LogP contribution in [0.5, 0.6) is 0 Å². The Balaban J connectivity index is 1.79. The summed E-state index contributed by atoms with van der Waals surface area (Å²) in [6.07, 6.45) is 9.80. The van der Waals surface area contributed by atoms with E-state index in [9.17, 15) is 14.9 Å². The third kappa shape index (κ3) is 3.21. The number of carbonyl (C=O) groups is 2. The Bertz CT molecular complexity index is 1230. The van der Waals surface area contributed by atoms with Crippen LogP contribution < -0.4 is 0 Å².